The average molecular weight is 538 g/mol. The molecule has 0 radical (unpaired) electrons. The van der Waals surface area contributed by atoms with E-state index in [1.807, 2.05) is 44.2 Å². The number of amides is 2. The van der Waals surface area contributed by atoms with Crippen molar-refractivity contribution in [1.29, 1.82) is 0 Å². The van der Waals surface area contributed by atoms with Gasteiger partial charge in [-0.15, -0.1) is 0 Å². The molecule has 1 unspecified atom stereocenters. The van der Waals surface area contributed by atoms with Gasteiger partial charge in [-0.1, -0.05) is 48.9 Å². The number of rotatable bonds is 14. The second-order valence-electron chi connectivity index (χ2n) is 8.40. The Bertz CT molecular complexity index is 1110. The van der Waals surface area contributed by atoms with Gasteiger partial charge in [0.05, 0.1) is 24.1 Å². The lowest BCUT2D eigenvalue weighted by atomic mass is 10.1. The normalized spacial score (nSPS) is 12.0. The van der Waals surface area contributed by atoms with Crippen molar-refractivity contribution in [3.8, 4) is 5.75 Å². The fourth-order valence-electron chi connectivity index (χ4n) is 4.00. The first-order valence-corrected chi connectivity index (χ1v) is 14.3. The van der Waals surface area contributed by atoms with Crippen LogP contribution in [0.1, 0.15) is 38.7 Å². The molecule has 0 heterocycles. The summed E-state index contributed by atoms with van der Waals surface area (Å²) >= 11 is 6.20. The van der Waals surface area contributed by atoms with E-state index in [0.29, 0.717) is 42.4 Å². The predicted molar refractivity (Wildman–Crippen MR) is 144 cm³/mol. The Morgan fingerprint density at radius 3 is 2.33 bits per heavy atom. The molecule has 2 aromatic rings. The van der Waals surface area contributed by atoms with Gasteiger partial charge in [-0.05, 0) is 49.9 Å². The molecule has 8 nitrogen and oxygen atoms in total. The zero-order chi connectivity index (χ0) is 26.7. The standard InChI is InChI=1S/C26H36ClN3O5S/c1-5-23(26(32)28-6-2)29(18-16-20-11-8-7-9-12-20)25(31)13-10-17-30(36(4,33)34)21-14-15-24(35-3)22(27)19-21/h7-9,11-12,14-15,19,23H,5-6,10,13,16-18H2,1-4H3,(H,28,32). The molecule has 198 valence electrons. The number of sulfonamides is 1. The molecular weight excluding hydrogens is 502 g/mol. The molecule has 0 aliphatic heterocycles. The number of methoxy groups -OCH3 is 1. The zero-order valence-electron chi connectivity index (χ0n) is 21.4. The van der Waals surface area contributed by atoms with Gasteiger partial charge in [-0.2, -0.15) is 0 Å². The van der Waals surface area contributed by atoms with E-state index in [-0.39, 0.29) is 31.2 Å². The van der Waals surface area contributed by atoms with Crippen LogP contribution >= 0.6 is 11.6 Å². The number of likely N-dealkylation sites (N-methyl/N-ethyl adjacent to an activating group) is 1. The van der Waals surface area contributed by atoms with Crippen molar-refractivity contribution in [2.75, 3.05) is 37.3 Å². The van der Waals surface area contributed by atoms with Crippen LogP contribution in [0, 0.1) is 0 Å². The van der Waals surface area contributed by atoms with E-state index in [0.717, 1.165) is 11.8 Å². The Kier molecular flexibility index (Phi) is 11.5. The summed E-state index contributed by atoms with van der Waals surface area (Å²) in [6, 6.07) is 13.9. The lowest BCUT2D eigenvalue weighted by molar-refractivity contribution is -0.140. The monoisotopic (exact) mass is 537 g/mol. The van der Waals surface area contributed by atoms with Gasteiger partial charge in [-0.25, -0.2) is 8.42 Å². The molecule has 0 fully saturated rings. The third-order valence-electron chi connectivity index (χ3n) is 5.80. The molecule has 1 N–H and O–H groups in total. The van der Waals surface area contributed by atoms with Gasteiger partial charge in [0.1, 0.15) is 11.8 Å². The maximum absolute atomic E-state index is 13.3. The number of nitrogens with one attached hydrogen (secondary N) is 1. The largest absolute Gasteiger partial charge is 0.495 e. The first-order valence-electron chi connectivity index (χ1n) is 12.0. The third kappa shape index (κ3) is 8.41. The van der Waals surface area contributed by atoms with Crippen molar-refractivity contribution in [2.24, 2.45) is 0 Å². The zero-order valence-corrected chi connectivity index (χ0v) is 22.9. The van der Waals surface area contributed by atoms with E-state index in [4.69, 9.17) is 16.3 Å². The maximum atomic E-state index is 13.3. The summed E-state index contributed by atoms with van der Waals surface area (Å²) in [6.45, 7) is 4.68. The minimum absolute atomic E-state index is 0.0949. The van der Waals surface area contributed by atoms with Gasteiger partial charge in [0.15, 0.2) is 0 Å². The van der Waals surface area contributed by atoms with E-state index >= 15 is 0 Å². The smallest absolute Gasteiger partial charge is 0.242 e. The summed E-state index contributed by atoms with van der Waals surface area (Å²) in [5.41, 5.74) is 1.46. The van der Waals surface area contributed by atoms with Crippen LogP contribution in [-0.2, 0) is 26.0 Å². The van der Waals surface area contributed by atoms with Crippen molar-refractivity contribution in [1.82, 2.24) is 10.2 Å². The number of benzene rings is 2. The molecule has 2 amide bonds. The molecule has 0 bridgehead atoms. The fourth-order valence-corrected chi connectivity index (χ4v) is 5.21. The van der Waals surface area contributed by atoms with Crippen LogP contribution in [0.15, 0.2) is 48.5 Å². The number of nitrogens with zero attached hydrogens (tertiary/aromatic N) is 2. The molecule has 0 saturated carbocycles. The summed E-state index contributed by atoms with van der Waals surface area (Å²) in [7, 11) is -2.13. The molecule has 2 aromatic carbocycles. The average Bonchev–Trinajstić information content (AvgIpc) is 2.84. The number of hydrogen-bond donors (Lipinski definition) is 1. The van der Waals surface area contributed by atoms with Crippen LogP contribution in [-0.4, -0.2) is 64.2 Å². The highest BCUT2D eigenvalue weighted by Crippen LogP contribution is 2.30. The number of halogens is 1. The van der Waals surface area contributed by atoms with Gasteiger partial charge < -0.3 is 15.0 Å². The van der Waals surface area contributed by atoms with E-state index in [9.17, 15) is 18.0 Å². The predicted octanol–water partition coefficient (Wildman–Crippen LogP) is 3.88. The van der Waals surface area contributed by atoms with Crippen molar-refractivity contribution < 1.29 is 22.7 Å². The summed E-state index contributed by atoms with van der Waals surface area (Å²) in [4.78, 5) is 27.6. The second-order valence-corrected chi connectivity index (χ2v) is 10.7. The minimum atomic E-state index is -3.62. The summed E-state index contributed by atoms with van der Waals surface area (Å²) in [5, 5.41) is 3.11. The van der Waals surface area contributed by atoms with Crippen molar-refractivity contribution in [3.63, 3.8) is 0 Å². The SMILES string of the molecule is CCNC(=O)C(CC)N(CCc1ccccc1)C(=O)CCCN(c1ccc(OC)c(Cl)c1)S(C)(=O)=O. The number of ether oxygens (including phenoxy) is 1. The Morgan fingerprint density at radius 2 is 1.78 bits per heavy atom. The minimum Gasteiger partial charge on any atom is -0.495 e. The molecule has 1 atom stereocenters. The van der Waals surface area contributed by atoms with E-state index in [2.05, 4.69) is 5.32 Å². The maximum Gasteiger partial charge on any atom is 0.242 e. The lowest BCUT2D eigenvalue weighted by Gasteiger charge is -2.31. The Balaban J connectivity index is 2.16. The first-order chi connectivity index (χ1) is 17.1. The summed E-state index contributed by atoms with van der Waals surface area (Å²) in [6.07, 6.45) is 2.58. The van der Waals surface area contributed by atoms with E-state index < -0.39 is 16.1 Å². The molecular formula is C26H36ClN3O5S. The topological polar surface area (TPSA) is 96.0 Å². The van der Waals surface area contributed by atoms with Gasteiger partial charge >= 0.3 is 0 Å². The van der Waals surface area contributed by atoms with Gasteiger partial charge in [0.2, 0.25) is 21.8 Å². The van der Waals surface area contributed by atoms with E-state index in [1.165, 1.54) is 17.5 Å². The van der Waals surface area contributed by atoms with Crippen LogP contribution < -0.4 is 14.4 Å². The highest BCUT2D eigenvalue weighted by Gasteiger charge is 2.28. The third-order valence-corrected chi connectivity index (χ3v) is 7.29. The molecule has 0 spiro atoms. The van der Waals surface area contributed by atoms with Crippen molar-refractivity contribution >= 4 is 39.1 Å². The Hall–Kier alpha value is -2.78. The lowest BCUT2D eigenvalue weighted by Crippen LogP contribution is -2.50. The number of anilines is 1. The molecule has 10 heteroatoms. The number of carbonyl (C=O) groups is 2. The van der Waals surface area contributed by atoms with Crippen molar-refractivity contribution in [2.45, 2.75) is 45.6 Å². The number of hydrogen-bond acceptors (Lipinski definition) is 5. The summed E-state index contributed by atoms with van der Waals surface area (Å²) in [5.74, 6) is 0.0614. The van der Waals surface area contributed by atoms with Crippen LogP contribution in [0.3, 0.4) is 0 Å². The van der Waals surface area contributed by atoms with Gasteiger partial charge in [0, 0.05) is 26.1 Å². The van der Waals surface area contributed by atoms with Gasteiger partial charge in [0.25, 0.3) is 0 Å². The van der Waals surface area contributed by atoms with Crippen LogP contribution in [0.5, 0.6) is 5.75 Å². The fraction of sp³-hybridized carbons (Fsp3) is 0.462. The molecule has 0 aromatic heterocycles. The summed E-state index contributed by atoms with van der Waals surface area (Å²) < 4.78 is 31.3. The van der Waals surface area contributed by atoms with Crippen molar-refractivity contribution in [3.05, 3.63) is 59.1 Å². The molecule has 36 heavy (non-hydrogen) atoms. The van der Waals surface area contributed by atoms with E-state index in [1.54, 1.807) is 17.0 Å². The Morgan fingerprint density at radius 1 is 1.08 bits per heavy atom. The van der Waals surface area contributed by atoms with Gasteiger partial charge in [-0.3, -0.25) is 13.9 Å². The molecule has 2 rings (SSSR count). The quantitative estimate of drug-likeness (QED) is 0.394. The first kappa shape index (κ1) is 29.5. The number of carbonyl (C=O) groups excluding carboxylic acids is 2. The second kappa shape index (κ2) is 14.1. The highest BCUT2D eigenvalue weighted by molar-refractivity contribution is 7.92. The van der Waals surface area contributed by atoms with Crippen LogP contribution in [0.25, 0.3) is 0 Å². The molecule has 0 aliphatic rings. The Labute approximate surface area is 219 Å². The van der Waals surface area contributed by atoms with Crippen LogP contribution in [0.4, 0.5) is 5.69 Å². The highest BCUT2D eigenvalue weighted by atomic mass is 35.5. The molecule has 0 aliphatic carbocycles. The molecule has 0 saturated heterocycles. The van der Waals surface area contributed by atoms with Crippen LogP contribution in [0.2, 0.25) is 5.02 Å².